The van der Waals surface area contributed by atoms with Crippen molar-refractivity contribution in [2.24, 2.45) is 5.92 Å². The average molecular weight is 316 g/mol. The minimum atomic E-state index is -0.0201. The van der Waals surface area contributed by atoms with E-state index < -0.39 is 0 Å². The van der Waals surface area contributed by atoms with Gasteiger partial charge >= 0.3 is 0 Å². The molecule has 0 aliphatic heterocycles. The van der Waals surface area contributed by atoms with E-state index in [4.69, 9.17) is 11.6 Å². The van der Waals surface area contributed by atoms with Crippen molar-refractivity contribution >= 4 is 38.4 Å². The molecule has 90 valence electrons. The molecule has 0 saturated heterocycles. The molecule has 0 spiro atoms. The van der Waals surface area contributed by atoms with Gasteiger partial charge in [0, 0.05) is 16.9 Å². The fraction of sp³-hybridized carbons (Fsp3) is 0.333. The first-order valence-corrected chi connectivity index (χ1v) is 6.65. The molecule has 3 nitrogen and oxygen atoms in total. The lowest BCUT2D eigenvalue weighted by Crippen LogP contribution is -2.24. The van der Waals surface area contributed by atoms with Crippen molar-refractivity contribution in [3.8, 4) is 0 Å². The molecular formula is C12H12BrClN2O. The Morgan fingerprint density at radius 2 is 2.29 bits per heavy atom. The first kappa shape index (κ1) is 12.6. The number of halogens is 2. The summed E-state index contributed by atoms with van der Waals surface area (Å²) in [4.78, 5) is 16.5. The molecule has 1 aromatic carbocycles. The number of rotatable bonds is 3. The zero-order chi connectivity index (χ0) is 12.4. The zero-order valence-corrected chi connectivity index (χ0v) is 11.7. The lowest BCUT2D eigenvalue weighted by atomic mass is 10.2. The van der Waals surface area contributed by atoms with Gasteiger partial charge < -0.3 is 0 Å². The van der Waals surface area contributed by atoms with Crippen LogP contribution >= 0.6 is 27.5 Å². The van der Waals surface area contributed by atoms with Crippen LogP contribution in [-0.2, 0) is 6.54 Å². The Labute approximate surface area is 113 Å². The van der Waals surface area contributed by atoms with Crippen LogP contribution in [0.5, 0.6) is 0 Å². The van der Waals surface area contributed by atoms with E-state index in [0.29, 0.717) is 23.3 Å². The Hall–Kier alpha value is -0.870. The van der Waals surface area contributed by atoms with Crippen molar-refractivity contribution < 1.29 is 0 Å². The molecule has 2 aromatic rings. The van der Waals surface area contributed by atoms with Crippen molar-refractivity contribution in [1.29, 1.82) is 0 Å². The maximum absolute atomic E-state index is 12.2. The largest absolute Gasteiger partial charge is 0.298 e. The van der Waals surface area contributed by atoms with E-state index in [1.807, 2.05) is 19.1 Å². The van der Waals surface area contributed by atoms with E-state index in [-0.39, 0.29) is 11.5 Å². The lowest BCUT2D eigenvalue weighted by Gasteiger charge is -2.10. The first-order chi connectivity index (χ1) is 8.11. The van der Waals surface area contributed by atoms with E-state index in [1.54, 1.807) is 17.0 Å². The second-order valence-corrected chi connectivity index (χ2v) is 5.35. The number of benzene rings is 1. The average Bonchev–Trinajstić information content (AvgIpc) is 2.33. The second-order valence-electron chi connectivity index (χ2n) is 4.12. The highest BCUT2D eigenvalue weighted by molar-refractivity contribution is 9.10. The maximum Gasteiger partial charge on any atom is 0.261 e. The summed E-state index contributed by atoms with van der Waals surface area (Å²) in [5.41, 5.74) is 0.696. The van der Waals surface area contributed by atoms with Crippen LogP contribution in [0.2, 0.25) is 0 Å². The summed E-state index contributed by atoms with van der Waals surface area (Å²) >= 11 is 9.11. The normalized spacial score (nSPS) is 12.9. The molecule has 0 bridgehead atoms. The Balaban J connectivity index is 2.53. The highest BCUT2D eigenvalue weighted by Gasteiger charge is 2.07. The van der Waals surface area contributed by atoms with Gasteiger partial charge in [0.2, 0.25) is 0 Å². The van der Waals surface area contributed by atoms with Crippen LogP contribution in [0, 0.1) is 5.92 Å². The van der Waals surface area contributed by atoms with Gasteiger partial charge in [-0.05, 0) is 24.1 Å². The standard InChI is InChI=1S/C12H12BrClN2O/c1-8(5-14)6-16-7-15-11-3-2-9(13)4-10(11)12(16)17/h2-4,7-8H,5-6H2,1H3. The van der Waals surface area contributed by atoms with Crippen LogP contribution in [-0.4, -0.2) is 15.4 Å². The number of fused-ring (bicyclic) bond motifs is 1. The summed E-state index contributed by atoms with van der Waals surface area (Å²) < 4.78 is 2.49. The SMILES string of the molecule is CC(CCl)Cn1cnc2ccc(Br)cc2c1=O. The molecule has 1 heterocycles. The van der Waals surface area contributed by atoms with E-state index >= 15 is 0 Å². The summed E-state index contributed by atoms with van der Waals surface area (Å²) in [6, 6.07) is 5.50. The molecule has 0 N–H and O–H groups in total. The Bertz CT molecular complexity index is 597. The summed E-state index contributed by atoms with van der Waals surface area (Å²) in [5.74, 6) is 0.781. The van der Waals surface area contributed by atoms with Crippen molar-refractivity contribution in [2.75, 3.05) is 5.88 Å². The van der Waals surface area contributed by atoms with Crippen molar-refractivity contribution in [2.45, 2.75) is 13.5 Å². The van der Waals surface area contributed by atoms with E-state index in [1.165, 1.54) is 0 Å². The van der Waals surface area contributed by atoms with Crippen LogP contribution in [0.4, 0.5) is 0 Å². The summed E-state index contributed by atoms with van der Waals surface area (Å²) in [6.45, 7) is 2.60. The Kier molecular flexibility index (Phi) is 3.84. The third-order valence-corrected chi connectivity index (χ3v) is 3.58. The van der Waals surface area contributed by atoms with Gasteiger partial charge in [0.05, 0.1) is 17.2 Å². The smallest absolute Gasteiger partial charge is 0.261 e. The molecule has 1 unspecified atom stereocenters. The van der Waals surface area contributed by atoms with Crippen molar-refractivity contribution in [3.63, 3.8) is 0 Å². The highest BCUT2D eigenvalue weighted by atomic mass is 79.9. The quantitative estimate of drug-likeness (QED) is 0.816. The van der Waals surface area contributed by atoms with Gasteiger partial charge in [0.1, 0.15) is 0 Å². The second kappa shape index (κ2) is 5.19. The van der Waals surface area contributed by atoms with Gasteiger partial charge in [0.15, 0.2) is 0 Å². The molecule has 0 aliphatic carbocycles. The lowest BCUT2D eigenvalue weighted by molar-refractivity contribution is 0.513. The highest BCUT2D eigenvalue weighted by Crippen LogP contribution is 2.15. The number of aromatic nitrogens is 2. The van der Waals surface area contributed by atoms with Gasteiger partial charge in [0.25, 0.3) is 5.56 Å². The third-order valence-electron chi connectivity index (χ3n) is 2.56. The molecule has 2 rings (SSSR count). The molecule has 1 atom stereocenters. The molecular weight excluding hydrogens is 304 g/mol. The summed E-state index contributed by atoms with van der Waals surface area (Å²) in [6.07, 6.45) is 1.58. The Morgan fingerprint density at radius 3 is 3.00 bits per heavy atom. The van der Waals surface area contributed by atoms with Crippen LogP contribution in [0.1, 0.15) is 6.92 Å². The molecule has 0 amide bonds. The fourth-order valence-electron chi connectivity index (χ4n) is 1.65. The van der Waals surface area contributed by atoms with Crippen molar-refractivity contribution in [3.05, 3.63) is 39.4 Å². The molecule has 0 radical (unpaired) electrons. The fourth-order valence-corrected chi connectivity index (χ4v) is 2.10. The predicted octanol–water partition coefficient (Wildman–Crippen LogP) is 3.03. The van der Waals surface area contributed by atoms with Crippen molar-refractivity contribution in [1.82, 2.24) is 9.55 Å². The number of hydrogen-bond donors (Lipinski definition) is 0. The van der Waals surface area contributed by atoms with Crippen LogP contribution in [0.3, 0.4) is 0 Å². The zero-order valence-electron chi connectivity index (χ0n) is 9.36. The molecule has 5 heteroatoms. The first-order valence-electron chi connectivity index (χ1n) is 5.32. The predicted molar refractivity (Wildman–Crippen MR) is 73.6 cm³/mol. The Morgan fingerprint density at radius 1 is 1.53 bits per heavy atom. The number of alkyl halides is 1. The van der Waals surface area contributed by atoms with Gasteiger partial charge in [-0.2, -0.15) is 0 Å². The maximum atomic E-state index is 12.2. The van der Waals surface area contributed by atoms with Gasteiger partial charge in [-0.15, -0.1) is 11.6 Å². The number of nitrogens with zero attached hydrogens (tertiary/aromatic N) is 2. The molecule has 0 fully saturated rings. The van der Waals surface area contributed by atoms with Gasteiger partial charge in [-0.3, -0.25) is 9.36 Å². The van der Waals surface area contributed by atoms with Gasteiger partial charge in [-0.1, -0.05) is 22.9 Å². The minimum absolute atomic E-state index is 0.0201. The third kappa shape index (κ3) is 2.69. The van der Waals surface area contributed by atoms with Gasteiger partial charge in [-0.25, -0.2) is 4.98 Å². The monoisotopic (exact) mass is 314 g/mol. The molecule has 1 aromatic heterocycles. The van der Waals surface area contributed by atoms with E-state index in [9.17, 15) is 4.79 Å². The number of hydrogen-bond acceptors (Lipinski definition) is 2. The topological polar surface area (TPSA) is 34.9 Å². The minimum Gasteiger partial charge on any atom is -0.298 e. The molecule has 0 saturated carbocycles. The van der Waals surface area contributed by atoms with Crippen LogP contribution < -0.4 is 5.56 Å². The summed E-state index contributed by atoms with van der Waals surface area (Å²) in [5, 5.41) is 0.628. The van der Waals surface area contributed by atoms with Crippen LogP contribution in [0.15, 0.2) is 33.8 Å². The van der Waals surface area contributed by atoms with Crippen LogP contribution in [0.25, 0.3) is 10.9 Å². The summed E-state index contributed by atoms with van der Waals surface area (Å²) in [7, 11) is 0. The molecule has 17 heavy (non-hydrogen) atoms. The van der Waals surface area contributed by atoms with E-state index in [2.05, 4.69) is 20.9 Å². The van der Waals surface area contributed by atoms with E-state index in [0.717, 1.165) is 4.47 Å². The molecule has 0 aliphatic rings.